The van der Waals surface area contributed by atoms with Crippen molar-refractivity contribution in [3.05, 3.63) is 109 Å². The van der Waals surface area contributed by atoms with Crippen LogP contribution in [0.2, 0.25) is 0 Å². The topological polar surface area (TPSA) is 44.8 Å². The average Bonchev–Trinajstić information content (AvgIpc) is 3.30. The van der Waals surface area contributed by atoms with E-state index in [-0.39, 0.29) is 5.71 Å². The molecule has 0 amide bonds. The van der Waals surface area contributed by atoms with Crippen molar-refractivity contribution in [1.29, 1.82) is 0 Å². The summed E-state index contributed by atoms with van der Waals surface area (Å²) in [5.41, 5.74) is 0.549. The second kappa shape index (κ2) is 8.53. The van der Waals surface area contributed by atoms with Crippen LogP contribution < -0.4 is 30.7 Å². The second-order valence-corrected chi connectivity index (χ2v) is 10.6. The van der Waals surface area contributed by atoms with Crippen LogP contribution in [0.1, 0.15) is 0 Å². The third-order valence-electron chi connectivity index (χ3n) is 5.60. The van der Waals surface area contributed by atoms with Crippen LogP contribution in [-0.4, -0.2) is 19.9 Å². The molecule has 156 valence electrons. The van der Waals surface area contributed by atoms with Gasteiger partial charge in [0.05, 0.1) is 12.6 Å². The minimum Gasteiger partial charge on any atom is -0.519 e. The number of ether oxygens (including phenoxy) is 1. The predicted molar refractivity (Wildman–Crippen MR) is 131 cm³/mol. The summed E-state index contributed by atoms with van der Waals surface area (Å²) in [4.78, 5) is 13.8. The van der Waals surface area contributed by atoms with Gasteiger partial charge in [-0.3, -0.25) is 0 Å². The third kappa shape index (κ3) is 3.26. The molecular formula is C26H21BO4P+. The molecule has 5 rings (SSSR count). The smallest absolute Gasteiger partial charge is 0.519 e. The summed E-state index contributed by atoms with van der Waals surface area (Å²) in [6.07, 6.45) is 0. The van der Waals surface area contributed by atoms with Gasteiger partial charge >= 0.3 is 12.8 Å². The molecule has 4 nitrogen and oxygen atoms in total. The lowest BCUT2D eigenvalue weighted by atomic mass is 9.79. The molecule has 0 spiro atoms. The number of fused-ring (bicyclic) bond motifs is 1. The van der Waals surface area contributed by atoms with Crippen molar-refractivity contribution in [2.24, 2.45) is 0 Å². The summed E-state index contributed by atoms with van der Waals surface area (Å²) in [5, 5.41) is 2.70. The lowest BCUT2D eigenvalue weighted by Gasteiger charge is -2.25. The lowest BCUT2D eigenvalue weighted by Crippen LogP contribution is -2.51. The standard InChI is InChI=1S/C26H21BO4P/c1-29-26(28)32(20-12-4-2-5-13-20,21-14-6-3-7-15-21)25-19-11-8-16-22(25)27-30-23-17-9-10-18-24(23)31-27/h2-19H,1H3/q+1. The van der Waals surface area contributed by atoms with Gasteiger partial charge in [-0.2, -0.15) is 0 Å². The van der Waals surface area contributed by atoms with E-state index >= 15 is 0 Å². The van der Waals surface area contributed by atoms with Crippen molar-refractivity contribution < 1.29 is 18.8 Å². The molecule has 4 aromatic carbocycles. The highest BCUT2D eigenvalue weighted by Crippen LogP contribution is 2.56. The summed E-state index contributed by atoms with van der Waals surface area (Å²) < 4.78 is 17.8. The number of methoxy groups -OCH3 is 1. The summed E-state index contributed by atoms with van der Waals surface area (Å²) in [5.74, 6) is 1.38. The molecule has 0 unspecified atom stereocenters. The molecule has 0 saturated carbocycles. The third-order valence-corrected chi connectivity index (χ3v) is 9.61. The molecule has 0 aromatic heterocycles. The first kappa shape index (κ1) is 20.4. The number of rotatable bonds is 5. The maximum atomic E-state index is 13.8. The van der Waals surface area contributed by atoms with Crippen molar-refractivity contribution in [2.75, 3.05) is 7.11 Å². The Morgan fingerprint density at radius 2 is 1.16 bits per heavy atom. The Kier molecular flexibility index (Phi) is 5.42. The molecule has 1 aliphatic heterocycles. The highest BCUT2D eigenvalue weighted by Gasteiger charge is 2.58. The van der Waals surface area contributed by atoms with Gasteiger partial charge in [-0.05, 0) is 42.5 Å². The summed E-state index contributed by atoms with van der Waals surface area (Å²) in [6.45, 7) is 0. The van der Waals surface area contributed by atoms with E-state index in [2.05, 4.69) is 0 Å². The normalized spacial score (nSPS) is 12.5. The van der Waals surface area contributed by atoms with Crippen LogP contribution in [0, 0.1) is 0 Å². The van der Waals surface area contributed by atoms with Gasteiger partial charge < -0.3 is 14.0 Å². The summed E-state index contributed by atoms with van der Waals surface area (Å²) >= 11 is 0. The van der Waals surface area contributed by atoms with E-state index in [9.17, 15) is 4.79 Å². The number of carbonyl (C=O) groups excluding carboxylic acids is 1. The van der Waals surface area contributed by atoms with E-state index in [0.717, 1.165) is 21.4 Å². The molecule has 0 radical (unpaired) electrons. The van der Waals surface area contributed by atoms with Gasteiger partial charge in [0, 0.05) is 0 Å². The minimum absolute atomic E-state index is 0.266. The Hall–Kier alpha value is -3.56. The van der Waals surface area contributed by atoms with Gasteiger partial charge in [0.15, 0.2) is 0 Å². The molecule has 6 heteroatoms. The molecular weight excluding hydrogens is 418 g/mol. The Morgan fingerprint density at radius 1 is 0.688 bits per heavy atom. The minimum atomic E-state index is -2.85. The SMILES string of the molecule is COC(=O)[P+](c1ccccc1)(c1ccccc1)c1ccccc1B1Oc2ccccc2O1. The van der Waals surface area contributed by atoms with Gasteiger partial charge in [0.2, 0.25) is 7.26 Å². The van der Waals surface area contributed by atoms with Crippen molar-refractivity contribution in [3.63, 3.8) is 0 Å². The van der Waals surface area contributed by atoms with E-state index in [1.165, 1.54) is 7.11 Å². The van der Waals surface area contributed by atoms with Crippen LogP contribution in [0.3, 0.4) is 0 Å². The molecule has 0 saturated heterocycles. The number of hydrogen-bond acceptors (Lipinski definition) is 4. The van der Waals surface area contributed by atoms with Gasteiger partial charge in [0.1, 0.15) is 27.4 Å². The fourth-order valence-corrected chi connectivity index (χ4v) is 8.06. The average molecular weight is 439 g/mol. The van der Waals surface area contributed by atoms with Crippen molar-refractivity contribution in [3.8, 4) is 11.5 Å². The molecule has 0 fully saturated rings. The van der Waals surface area contributed by atoms with Gasteiger partial charge in [-0.15, -0.1) is 0 Å². The fourth-order valence-electron chi connectivity index (χ4n) is 4.20. The Balaban J connectivity index is 1.77. The van der Waals surface area contributed by atoms with Crippen LogP contribution in [0.15, 0.2) is 109 Å². The van der Waals surface area contributed by atoms with Crippen molar-refractivity contribution >= 4 is 41.5 Å². The van der Waals surface area contributed by atoms with E-state index in [1.807, 2.05) is 109 Å². The number of carbonyl (C=O) groups is 1. The Morgan fingerprint density at radius 3 is 1.69 bits per heavy atom. The second-order valence-electron chi connectivity index (χ2n) is 7.39. The first-order chi connectivity index (χ1) is 15.7. The molecule has 1 aliphatic rings. The largest absolute Gasteiger partial charge is 0.636 e. The van der Waals surface area contributed by atoms with Gasteiger partial charge in [0.25, 0.3) is 0 Å². The van der Waals surface area contributed by atoms with Crippen molar-refractivity contribution in [2.45, 2.75) is 0 Å². The number of benzene rings is 4. The van der Waals surface area contributed by atoms with Crippen LogP contribution in [-0.2, 0) is 4.74 Å². The molecule has 32 heavy (non-hydrogen) atoms. The molecule has 0 aliphatic carbocycles. The van der Waals surface area contributed by atoms with Crippen molar-refractivity contribution in [1.82, 2.24) is 0 Å². The quantitative estimate of drug-likeness (QED) is 0.350. The zero-order valence-corrected chi connectivity index (χ0v) is 18.4. The Labute approximate surface area is 188 Å². The predicted octanol–water partition coefficient (Wildman–Crippen LogP) is 3.91. The summed E-state index contributed by atoms with van der Waals surface area (Å²) in [7, 11) is -2.06. The lowest BCUT2D eigenvalue weighted by molar-refractivity contribution is 0.199. The van der Waals surface area contributed by atoms with Gasteiger partial charge in [-0.1, -0.05) is 66.7 Å². The molecule has 0 N–H and O–H groups in total. The maximum Gasteiger partial charge on any atom is 0.636 e. The molecule has 0 bridgehead atoms. The molecule has 0 atom stereocenters. The van der Waals surface area contributed by atoms with Crippen LogP contribution in [0.25, 0.3) is 0 Å². The maximum absolute atomic E-state index is 13.8. The highest BCUT2D eigenvalue weighted by atomic mass is 31.2. The molecule has 1 heterocycles. The van der Waals surface area contributed by atoms with E-state index < -0.39 is 14.4 Å². The zero-order valence-electron chi connectivity index (χ0n) is 17.5. The first-order valence-electron chi connectivity index (χ1n) is 10.4. The first-order valence-corrected chi connectivity index (χ1v) is 12.1. The van der Waals surface area contributed by atoms with E-state index in [4.69, 9.17) is 14.0 Å². The number of para-hydroxylation sites is 2. The zero-order chi connectivity index (χ0) is 22.0. The van der Waals surface area contributed by atoms with Crippen LogP contribution >= 0.6 is 7.26 Å². The highest BCUT2D eigenvalue weighted by molar-refractivity contribution is 8.08. The van der Waals surface area contributed by atoms with E-state index in [0.29, 0.717) is 11.5 Å². The van der Waals surface area contributed by atoms with Crippen LogP contribution in [0.5, 0.6) is 11.5 Å². The summed E-state index contributed by atoms with van der Waals surface area (Å²) in [6, 6.07) is 35.2. The van der Waals surface area contributed by atoms with E-state index in [1.54, 1.807) is 0 Å². The fraction of sp³-hybridized carbons (Fsp3) is 0.0385. The van der Waals surface area contributed by atoms with Crippen LogP contribution in [0.4, 0.5) is 4.79 Å². The molecule has 4 aromatic rings. The van der Waals surface area contributed by atoms with Gasteiger partial charge in [-0.25, -0.2) is 4.79 Å². The number of hydrogen-bond donors (Lipinski definition) is 0. The Bertz CT molecular complexity index is 1180. The monoisotopic (exact) mass is 439 g/mol.